The molecule has 0 heterocycles. The molecule has 0 amide bonds. The molecule has 0 aliphatic heterocycles. The van der Waals surface area contributed by atoms with Gasteiger partial charge in [-0.1, -0.05) is 11.6 Å². The normalized spacial score (nSPS) is 12.3. The van der Waals surface area contributed by atoms with E-state index < -0.39 is 34.6 Å². The minimum atomic E-state index is -4.86. The van der Waals surface area contributed by atoms with Crippen LogP contribution in [0.3, 0.4) is 0 Å². The zero-order valence-corrected chi connectivity index (χ0v) is 7.63. The first-order valence-corrected chi connectivity index (χ1v) is 3.95. The molecule has 0 fully saturated rings. The van der Waals surface area contributed by atoms with Crippen molar-refractivity contribution in [1.82, 2.24) is 0 Å². The largest absolute Gasteiger partial charge is 0.417 e. The molecule has 0 atom stereocenters. The molecule has 0 saturated heterocycles. The Bertz CT molecular complexity index is 370. The lowest BCUT2D eigenvalue weighted by molar-refractivity contribution is -0.137. The van der Waals surface area contributed by atoms with Crippen molar-refractivity contribution >= 4 is 11.6 Å². The Hall–Kier alpha value is -0.910. The summed E-state index contributed by atoms with van der Waals surface area (Å²) in [5.74, 6) is -1.62. The van der Waals surface area contributed by atoms with Crippen molar-refractivity contribution in [2.45, 2.75) is 12.6 Å². The minimum Gasteiger partial charge on any atom is -0.206 e. The first kappa shape index (κ1) is 12.2. The van der Waals surface area contributed by atoms with Crippen LogP contribution in [0.4, 0.5) is 26.3 Å². The van der Waals surface area contributed by atoms with Crippen LogP contribution in [0.2, 0.25) is 5.02 Å². The van der Waals surface area contributed by atoms with E-state index in [0.717, 1.165) is 0 Å². The Morgan fingerprint density at radius 2 is 1.67 bits per heavy atom. The van der Waals surface area contributed by atoms with E-state index in [9.17, 15) is 26.3 Å². The predicted octanol–water partition coefficient (Wildman–Crippen LogP) is 4.44. The fourth-order valence-corrected chi connectivity index (χ4v) is 1.23. The van der Waals surface area contributed by atoms with Crippen molar-refractivity contribution in [2.75, 3.05) is 0 Å². The van der Waals surface area contributed by atoms with E-state index in [4.69, 9.17) is 11.6 Å². The summed E-state index contributed by atoms with van der Waals surface area (Å²) in [6.45, 7) is 0. The van der Waals surface area contributed by atoms with Crippen LogP contribution in [0.25, 0.3) is 0 Å². The molecule has 0 radical (unpaired) electrons. The standard InChI is InChI=1S/C8H3ClF6/c9-5-1-3(7(11)12)6(10)2-4(5)8(13,14)15/h1-2,7H. The van der Waals surface area contributed by atoms with Gasteiger partial charge >= 0.3 is 6.18 Å². The summed E-state index contributed by atoms with van der Waals surface area (Å²) in [5, 5.41) is -0.945. The topological polar surface area (TPSA) is 0 Å². The van der Waals surface area contributed by atoms with Gasteiger partial charge in [-0.05, 0) is 12.1 Å². The summed E-state index contributed by atoms with van der Waals surface area (Å²) in [4.78, 5) is 0. The van der Waals surface area contributed by atoms with Crippen LogP contribution in [-0.4, -0.2) is 0 Å². The third-order valence-corrected chi connectivity index (χ3v) is 1.94. The highest BCUT2D eigenvalue weighted by atomic mass is 35.5. The zero-order valence-electron chi connectivity index (χ0n) is 6.88. The third-order valence-electron chi connectivity index (χ3n) is 1.63. The van der Waals surface area contributed by atoms with Gasteiger partial charge in [0, 0.05) is 0 Å². The molecule has 0 unspecified atom stereocenters. The highest BCUT2D eigenvalue weighted by molar-refractivity contribution is 6.31. The Balaban J connectivity index is 3.32. The summed E-state index contributed by atoms with van der Waals surface area (Å²) in [5.41, 5.74) is -2.61. The number of hydrogen-bond acceptors (Lipinski definition) is 0. The van der Waals surface area contributed by atoms with Gasteiger partial charge in [0.05, 0.1) is 16.1 Å². The molecule has 1 aromatic rings. The average molecular weight is 249 g/mol. The lowest BCUT2D eigenvalue weighted by atomic mass is 10.1. The molecule has 1 rings (SSSR count). The Morgan fingerprint density at radius 3 is 2.07 bits per heavy atom. The lowest BCUT2D eigenvalue weighted by Gasteiger charge is -2.11. The SMILES string of the molecule is Fc1cc(C(F)(F)F)c(Cl)cc1C(F)F. The molecule has 0 aromatic heterocycles. The Labute approximate surface area is 85.5 Å². The number of alkyl halides is 5. The van der Waals surface area contributed by atoms with Crippen LogP contribution in [0, 0.1) is 5.82 Å². The van der Waals surface area contributed by atoms with Gasteiger partial charge in [0.1, 0.15) is 5.82 Å². The minimum absolute atomic E-state index is 0.0379. The summed E-state index contributed by atoms with van der Waals surface area (Å²) >= 11 is 5.11. The maximum absolute atomic E-state index is 12.8. The number of benzene rings is 1. The molecular formula is C8H3ClF6. The van der Waals surface area contributed by atoms with E-state index in [1.807, 2.05) is 0 Å². The smallest absolute Gasteiger partial charge is 0.206 e. The van der Waals surface area contributed by atoms with Gasteiger partial charge in [-0.2, -0.15) is 13.2 Å². The van der Waals surface area contributed by atoms with Crippen LogP contribution in [0.5, 0.6) is 0 Å². The van der Waals surface area contributed by atoms with E-state index in [-0.39, 0.29) is 12.1 Å². The van der Waals surface area contributed by atoms with Crippen LogP contribution in [-0.2, 0) is 6.18 Å². The molecule has 0 aliphatic carbocycles. The maximum atomic E-state index is 12.8. The van der Waals surface area contributed by atoms with E-state index >= 15 is 0 Å². The quantitative estimate of drug-likeness (QED) is 0.645. The van der Waals surface area contributed by atoms with Crippen LogP contribution in [0.1, 0.15) is 17.6 Å². The second-order valence-electron chi connectivity index (χ2n) is 2.65. The molecule has 0 spiro atoms. The molecule has 0 aliphatic rings. The highest BCUT2D eigenvalue weighted by Crippen LogP contribution is 2.37. The maximum Gasteiger partial charge on any atom is 0.417 e. The number of hydrogen-bond donors (Lipinski definition) is 0. The average Bonchev–Trinajstić information content (AvgIpc) is 2.06. The van der Waals surface area contributed by atoms with Crippen LogP contribution in [0.15, 0.2) is 12.1 Å². The van der Waals surface area contributed by atoms with Crippen molar-refractivity contribution in [3.05, 3.63) is 34.1 Å². The molecule has 15 heavy (non-hydrogen) atoms. The number of rotatable bonds is 1. The van der Waals surface area contributed by atoms with Gasteiger partial charge < -0.3 is 0 Å². The van der Waals surface area contributed by atoms with E-state index in [1.54, 1.807) is 0 Å². The molecular weight excluding hydrogens is 246 g/mol. The first-order chi connectivity index (χ1) is 6.73. The zero-order chi connectivity index (χ0) is 11.8. The summed E-state index contributed by atoms with van der Waals surface area (Å²) < 4.78 is 73.3. The summed E-state index contributed by atoms with van der Waals surface area (Å²) in [6, 6.07) is 0.244. The molecule has 0 saturated carbocycles. The molecule has 7 heteroatoms. The molecule has 0 bridgehead atoms. The van der Waals surface area contributed by atoms with Gasteiger partial charge in [0.25, 0.3) is 6.43 Å². The van der Waals surface area contributed by atoms with Crippen molar-refractivity contribution in [1.29, 1.82) is 0 Å². The monoisotopic (exact) mass is 248 g/mol. The molecule has 0 N–H and O–H groups in total. The lowest BCUT2D eigenvalue weighted by Crippen LogP contribution is -2.07. The highest BCUT2D eigenvalue weighted by Gasteiger charge is 2.34. The van der Waals surface area contributed by atoms with Gasteiger partial charge in [-0.15, -0.1) is 0 Å². The second-order valence-corrected chi connectivity index (χ2v) is 3.06. The van der Waals surface area contributed by atoms with E-state index in [1.165, 1.54) is 0 Å². The fraction of sp³-hybridized carbons (Fsp3) is 0.250. The van der Waals surface area contributed by atoms with Gasteiger partial charge in [0.15, 0.2) is 0 Å². The van der Waals surface area contributed by atoms with Gasteiger partial charge in [-0.3, -0.25) is 0 Å². The molecule has 1 aromatic carbocycles. The summed E-state index contributed by atoms with van der Waals surface area (Å²) in [7, 11) is 0. The fourth-order valence-electron chi connectivity index (χ4n) is 0.947. The Kier molecular flexibility index (Phi) is 3.18. The van der Waals surface area contributed by atoms with Crippen molar-refractivity contribution in [3.8, 4) is 0 Å². The Morgan fingerprint density at radius 1 is 1.13 bits per heavy atom. The first-order valence-electron chi connectivity index (χ1n) is 3.57. The van der Waals surface area contributed by atoms with Crippen LogP contribution >= 0.6 is 11.6 Å². The van der Waals surface area contributed by atoms with Crippen LogP contribution < -0.4 is 0 Å². The van der Waals surface area contributed by atoms with Gasteiger partial charge in [-0.25, -0.2) is 13.2 Å². The third kappa shape index (κ3) is 2.56. The molecule has 0 nitrogen and oxygen atoms in total. The number of halogens is 7. The predicted molar refractivity (Wildman–Crippen MR) is 41.4 cm³/mol. The van der Waals surface area contributed by atoms with E-state index in [0.29, 0.717) is 0 Å². The summed E-state index contributed by atoms with van der Waals surface area (Å²) in [6.07, 6.45) is -8.07. The van der Waals surface area contributed by atoms with Gasteiger partial charge in [0.2, 0.25) is 0 Å². The molecule has 84 valence electrons. The van der Waals surface area contributed by atoms with E-state index in [2.05, 4.69) is 0 Å². The second kappa shape index (κ2) is 3.92. The van der Waals surface area contributed by atoms with Crippen molar-refractivity contribution in [3.63, 3.8) is 0 Å². The van der Waals surface area contributed by atoms with Crippen molar-refractivity contribution in [2.24, 2.45) is 0 Å². The van der Waals surface area contributed by atoms with Crippen molar-refractivity contribution < 1.29 is 26.3 Å².